The Labute approximate surface area is 156 Å². The van der Waals surface area contributed by atoms with Gasteiger partial charge < -0.3 is 10.6 Å². The normalized spacial score (nSPS) is 10.8. The number of para-hydroxylation sites is 1. The third kappa shape index (κ3) is 5.21. The highest BCUT2D eigenvalue weighted by Gasteiger charge is 2.19. The minimum Gasteiger partial charge on any atom is -0.352 e. The number of anilines is 1. The highest BCUT2D eigenvalue weighted by Crippen LogP contribution is 2.17. The Kier molecular flexibility index (Phi) is 6.59. The monoisotopic (exact) mass is 395 g/mol. The van der Waals surface area contributed by atoms with Crippen molar-refractivity contribution < 1.29 is 18.0 Å². The van der Waals surface area contributed by atoms with Gasteiger partial charge in [0.15, 0.2) is 0 Å². The van der Waals surface area contributed by atoms with Gasteiger partial charge in [0.05, 0.1) is 16.1 Å². The van der Waals surface area contributed by atoms with Crippen LogP contribution in [-0.4, -0.2) is 26.9 Å². The molecule has 0 fully saturated rings. The van der Waals surface area contributed by atoms with Crippen molar-refractivity contribution in [2.45, 2.75) is 18.2 Å². The maximum atomic E-state index is 12.2. The van der Waals surface area contributed by atoms with Crippen molar-refractivity contribution in [3.05, 3.63) is 59.1 Å². The average Bonchev–Trinajstić information content (AvgIpc) is 2.59. The summed E-state index contributed by atoms with van der Waals surface area (Å²) in [6.07, 6.45) is 0.764. The molecule has 0 unspecified atom stereocenters. The Balaban J connectivity index is 2.14. The summed E-state index contributed by atoms with van der Waals surface area (Å²) in [4.78, 5) is 24.1. The zero-order valence-electron chi connectivity index (χ0n) is 14.0. The van der Waals surface area contributed by atoms with E-state index in [0.29, 0.717) is 6.54 Å². The first-order valence-corrected chi connectivity index (χ1v) is 9.66. The van der Waals surface area contributed by atoms with Gasteiger partial charge in [-0.1, -0.05) is 36.7 Å². The summed E-state index contributed by atoms with van der Waals surface area (Å²) in [6.45, 7) is 2.40. The lowest BCUT2D eigenvalue weighted by molar-refractivity contribution is 0.0954. The molecule has 0 spiro atoms. The van der Waals surface area contributed by atoms with Crippen LogP contribution in [0.2, 0.25) is 5.02 Å². The number of rotatable bonds is 6. The molecule has 0 aliphatic carbocycles. The Morgan fingerprint density at radius 1 is 1.08 bits per heavy atom. The zero-order valence-corrected chi connectivity index (χ0v) is 15.5. The quantitative estimate of drug-likeness (QED) is 0.699. The third-order valence-electron chi connectivity index (χ3n) is 3.29. The molecule has 3 N–H and O–H groups in total. The van der Waals surface area contributed by atoms with E-state index in [9.17, 15) is 18.0 Å². The molecule has 0 bridgehead atoms. The molecule has 2 aromatic carbocycles. The van der Waals surface area contributed by atoms with E-state index in [4.69, 9.17) is 11.6 Å². The number of urea groups is 1. The first kappa shape index (κ1) is 19.7. The van der Waals surface area contributed by atoms with Crippen LogP contribution in [0.25, 0.3) is 0 Å². The van der Waals surface area contributed by atoms with Crippen LogP contribution in [0.15, 0.2) is 53.4 Å². The van der Waals surface area contributed by atoms with Crippen molar-refractivity contribution in [1.82, 2.24) is 10.0 Å². The predicted octanol–water partition coefficient (Wildman–Crippen LogP) is 2.99. The Bertz CT molecular complexity index is 916. The van der Waals surface area contributed by atoms with E-state index in [2.05, 4.69) is 10.6 Å². The smallest absolute Gasteiger partial charge is 0.333 e. The highest BCUT2D eigenvalue weighted by molar-refractivity contribution is 7.90. The van der Waals surface area contributed by atoms with Gasteiger partial charge >= 0.3 is 6.03 Å². The summed E-state index contributed by atoms with van der Waals surface area (Å²) >= 11 is 5.78. The number of hydrogen-bond acceptors (Lipinski definition) is 4. The molecule has 7 nitrogen and oxygen atoms in total. The summed E-state index contributed by atoms with van der Waals surface area (Å²) in [5, 5.41) is 5.31. The van der Waals surface area contributed by atoms with Crippen molar-refractivity contribution in [3.8, 4) is 0 Å². The lowest BCUT2D eigenvalue weighted by Crippen LogP contribution is -2.35. The van der Waals surface area contributed by atoms with Gasteiger partial charge in [-0.15, -0.1) is 0 Å². The number of carbonyl (C=O) groups is 2. The second kappa shape index (κ2) is 8.68. The fourth-order valence-electron chi connectivity index (χ4n) is 2.09. The second-order valence-electron chi connectivity index (χ2n) is 5.32. The summed E-state index contributed by atoms with van der Waals surface area (Å²) in [5.41, 5.74) is 0.427. The van der Waals surface area contributed by atoms with Crippen LogP contribution in [0.4, 0.5) is 10.5 Å². The molecule has 0 aliphatic rings. The molecule has 138 valence electrons. The predicted molar refractivity (Wildman–Crippen MR) is 99.9 cm³/mol. The van der Waals surface area contributed by atoms with Crippen LogP contribution in [0.5, 0.6) is 0 Å². The van der Waals surface area contributed by atoms with Gasteiger partial charge in [-0.2, -0.15) is 0 Å². The Hall–Kier alpha value is -2.58. The summed E-state index contributed by atoms with van der Waals surface area (Å²) in [5.74, 6) is -0.361. The number of hydrogen-bond donors (Lipinski definition) is 3. The molecule has 0 saturated carbocycles. The van der Waals surface area contributed by atoms with Gasteiger partial charge in [0.2, 0.25) is 0 Å². The van der Waals surface area contributed by atoms with Crippen LogP contribution in [0.3, 0.4) is 0 Å². The first-order valence-electron chi connectivity index (χ1n) is 7.80. The van der Waals surface area contributed by atoms with Gasteiger partial charge in [0.25, 0.3) is 15.9 Å². The third-order valence-corrected chi connectivity index (χ3v) is 4.85. The maximum Gasteiger partial charge on any atom is 0.333 e. The Morgan fingerprint density at radius 2 is 1.81 bits per heavy atom. The van der Waals surface area contributed by atoms with Gasteiger partial charge in [-0.05, 0) is 36.8 Å². The molecule has 26 heavy (non-hydrogen) atoms. The van der Waals surface area contributed by atoms with E-state index in [1.807, 2.05) is 11.6 Å². The number of carbonyl (C=O) groups excluding carboxylic acids is 2. The fourth-order valence-corrected chi connectivity index (χ4v) is 3.29. The lowest BCUT2D eigenvalue weighted by Gasteiger charge is -2.12. The van der Waals surface area contributed by atoms with E-state index in [-0.39, 0.29) is 27.1 Å². The van der Waals surface area contributed by atoms with E-state index in [0.717, 1.165) is 6.42 Å². The molecule has 2 rings (SSSR count). The average molecular weight is 396 g/mol. The van der Waals surface area contributed by atoms with Crippen molar-refractivity contribution in [2.24, 2.45) is 0 Å². The van der Waals surface area contributed by atoms with Crippen LogP contribution in [0.1, 0.15) is 23.7 Å². The SMILES string of the molecule is CCCNC(=O)c1ccccc1NC(=O)NS(=O)(=O)c1cccc(Cl)c1. The lowest BCUT2D eigenvalue weighted by atomic mass is 10.1. The molecule has 0 aromatic heterocycles. The summed E-state index contributed by atoms with van der Waals surface area (Å²) in [7, 11) is -4.10. The molecular weight excluding hydrogens is 378 g/mol. The standard InChI is InChI=1S/C17H18ClN3O4S/c1-2-10-19-16(22)14-8-3-4-9-15(14)20-17(23)21-26(24,25)13-7-5-6-12(18)11-13/h3-9,11H,2,10H2,1H3,(H,19,22)(H2,20,21,23). The number of nitrogens with one attached hydrogen (secondary N) is 3. The van der Waals surface area contributed by atoms with E-state index in [1.54, 1.807) is 12.1 Å². The van der Waals surface area contributed by atoms with Crippen LogP contribution < -0.4 is 15.4 Å². The van der Waals surface area contributed by atoms with Gasteiger partial charge in [0.1, 0.15) is 0 Å². The van der Waals surface area contributed by atoms with E-state index < -0.39 is 16.1 Å². The van der Waals surface area contributed by atoms with Crippen molar-refractivity contribution in [2.75, 3.05) is 11.9 Å². The molecule has 0 radical (unpaired) electrons. The Morgan fingerprint density at radius 3 is 2.50 bits per heavy atom. The van der Waals surface area contributed by atoms with Gasteiger partial charge in [0, 0.05) is 11.6 Å². The molecular formula is C17H18ClN3O4S. The maximum absolute atomic E-state index is 12.2. The zero-order chi connectivity index (χ0) is 19.2. The highest BCUT2D eigenvalue weighted by atomic mass is 35.5. The van der Waals surface area contributed by atoms with Crippen LogP contribution in [-0.2, 0) is 10.0 Å². The van der Waals surface area contributed by atoms with Crippen molar-refractivity contribution in [3.63, 3.8) is 0 Å². The molecule has 9 heteroatoms. The largest absolute Gasteiger partial charge is 0.352 e. The minimum absolute atomic E-state index is 0.144. The summed E-state index contributed by atoms with van der Waals surface area (Å²) < 4.78 is 26.4. The first-order chi connectivity index (χ1) is 12.3. The van der Waals surface area contributed by atoms with Gasteiger partial charge in [-0.25, -0.2) is 17.9 Å². The molecule has 2 aromatic rings. The van der Waals surface area contributed by atoms with Crippen LogP contribution >= 0.6 is 11.6 Å². The molecule has 0 atom stereocenters. The molecule has 0 heterocycles. The van der Waals surface area contributed by atoms with Crippen molar-refractivity contribution >= 4 is 39.2 Å². The van der Waals surface area contributed by atoms with Gasteiger partial charge in [-0.3, -0.25) is 4.79 Å². The van der Waals surface area contributed by atoms with E-state index >= 15 is 0 Å². The minimum atomic E-state index is -4.10. The summed E-state index contributed by atoms with van der Waals surface area (Å²) in [6, 6.07) is 10.8. The van der Waals surface area contributed by atoms with E-state index in [1.165, 1.54) is 36.4 Å². The number of sulfonamides is 1. The number of halogens is 1. The number of benzene rings is 2. The molecule has 3 amide bonds. The topological polar surface area (TPSA) is 104 Å². The fraction of sp³-hybridized carbons (Fsp3) is 0.176. The molecule has 0 saturated heterocycles. The molecule has 0 aliphatic heterocycles. The second-order valence-corrected chi connectivity index (χ2v) is 7.44. The van der Waals surface area contributed by atoms with Crippen LogP contribution in [0, 0.1) is 0 Å². The van der Waals surface area contributed by atoms with Crippen molar-refractivity contribution in [1.29, 1.82) is 0 Å². The number of amides is 3.